The summed E-state index contributed by atoms with van der Waals surface area (Å²) < 4.78 is 5.94. The molecule has 3 aromatic rings. The molecule has 23 heavy (non-hydrogen) atoms. The van der Waals surface area contributed by atoms with Crippen LogP contribution in [-0.2, 0) is 4.74 Å². The molecule has 0 N–H and O–H groups in total. The van der Waals surface area contributed by atoms with Crippen LogP contribution in [0.5, 0.6) is 0 Å². The molecule has 1 nitrogen and oxygen atoms in total. The molecule has 0 aromatic heterocycles. The summed E-state index contributed by atoms with van der Waals surface area (Å²) in [6.45, 7) is 2.21. The molecule has 0 aliphatic carbocycles. The van der Waals surface area contributed by atoms with E-state index in [2.05, 4.69) is 97.9 Å². The Morgan fingerprint density at radius 2 is 0.913 bits per heavy atom. The zero-order valence-electron chi connectivity index (χ0n) is 13.6. The van der Waals surface area contributed by atoms with Crippen LogP contribution >= 0.6 is 7.26 Å². The third-order valence-corrected chi connectivity index (χ3v) is 9.84. The summed E-state index contributed by atoms with van der Waals surface area (Å²) in [6, 6.07) is 32.5. The van der Waals surface area contributed by atoms with Gasteiger partial charge in [0.2, 0.25) is 0 Å². The van der Waals surface area contributed by atoms with Crippen LogP contribution in [0, 0.1) is 0 Å². The van der Waals surface area contributed by atoms with E-state index in [1.165, 1.54) is 15.9 Å². The number of methoxy groups -OCH3 is 1. The van der Waals surface area contributed by atoms with Gasteiger partial charge in [0.1, 0.15) is 0 Å². The van der Waals surface area contributed by atoms with Crippen molar-refractivity contribution in [2.24, 2.45) is 0 Å². The minimum absolute atomic E-state index is 0.134. The van der Waals surface area contributed by atoms with Gasteiger partial charge in [-0.05, 0) is 0 Å². The standard InChI is InChI=1S/C21H23OP/c1-18(22-2)23(19-12-6-3-7-13-19,20-14-8-4-9-15-20)21-16-10-5-11-17-21/h3-18,23H,1-2H3/t18-/m1/s1. The Hall–Kier alpha value is -1.95. The van der Waals surface area contributed by atoms with Gasteiger partial charge in [0, 0.05) is 0 Å². The van der Waals surface area contributed by atoms with Gasteiger partial charge in [0.25, 0.3) is 0 Å². The molecule has 0 bridgehead atoms. The van der Waals surface area contributed by atoms with Gasteiger partial charge in [0.05, 0.1) is 0 Å². The molecule has 0 unspecified atom stereocenters. The van der Waals surface area contributed by atoms with Crippen molar-refractivity contribution in [2.75, 3.05) is 7.11 Å². The summed E-state index contributed by atoms with van der Waals surface area (Å²) in [6.07, 6.45) is 0. The monoisotopic (exact) mass is 322 g/mol. The molecular weight excluding hydrogens is 299 g/mol. The molecule has 118 valence electrons. The topological polar surface area (TPSA) is 9.23 Å². The van der Waals surface area contributed by atoms with Gasteiger partial charge in [-0.3, -0.25) is 0 Å². The van der Waals surface area contributed by atoms with Crippen LogP contribution in [0.25, 0.3) is 0 Å². The summed E-state index contributed by atoms with van der Waals surface area (Å²) in [4.78, 5) is 0. The van der Waals surface area contributed by atoms with Crippen molar-refractivity contribution in [3.63, 3.8) is 0 Å². The molecule has 0 aliphatic rings. The van der Waals surface area contributed by atoms with Crippen molar-refractivity contribution >= 4 is 23.2 Å². The van der Waals surface area contributed by atoms with Gasteiger partial charge in [-0.2, -0.15) is 0 Å². The normalized spacial score (nSPS) is 13.5. The first-order valence-electron chi connectivity index (χ1n) is 7.99. The molecule has 2 heteroatoms. The minimum atomic E-state index is -2.25. The number of ether oxygens (including phenoxy) is 1. The second kappa shape index (κ2) is 7.08. The van der Waals surface area contributed by atoms with Crippen molar-refractivity contribution in [1.29, 1.82) is 0 Å². The van der Waals surface area contributed by atoms with Gasteiger partial charge in [-0.25, -0.2) is 0 Å². The van der Waals surface area contributed by atoms with Crippen LogP contribution in [0.4, 0.5) is 0 Å². The average molecular weight is 322 g/mol. The molecule has 1 atom stereocenters. The van der Waals surface area contributed by atoms with Crippen LogP contribution in [0.3, 0.4) is 0 Å². The molecule has 0 heterocycles. The van der Waals surface area contributed by atoms with Gasteiger partial charge >= 0.3 is 139 Å². The molecule has 0 fully saturated rings. The molecule has 0 saturated carbocycles. The Morgan fingerprint density at radius 3 is 1.17 bits per heavy atom. The summed E-state index contributed by atoms with van der Waals surface area (Å²) in [7, 11) is -0.429. The third kappa shape index (κ3) is 2.83. The van der Waals surface area contributed by atoms with Crippen LogP contribution < -0.4 is 15.9 Å². The number of benzene rings is 3. The first-order valence-corrected chi connectivity index (χ1v) is 10.1. The van der Waals surface area contributed by atoms with E-state index in [0.29, 0.717) is 0 Å². The molecular formula is C21H23OP. The number of hydrogen-bond acceptors (Lipinski definition) is 1. The van der Waals surface area contributed by atoms with E-state index in [0.717, 1.165) is 0 Å². The second-order valence-electron chi connectivity index (χ2n) is 5.78. The van der Waals surface area contributed by atoms with Gasteiger partial charge in [0.15, 0.2) is 0 Å². The SMILES string of the molecule is CO[C@@H](C)[PH](c1ccccc1)(c1ccccc1)c1ccccc1. The number of rotatable bonds is 5. The Balaban J connectivity index is 2.35. The summed E-state index contributed by atoms with van der Waals surface area (Å²) >= 11 is 0. The fourth-order valence-electron chi connectivity index (χ4n) is 3.48. The summed E-state index contributed by atoms with van der Waals surface area (Å²) in [5.74, 6) is 0.134. The quantitative estimate of drug-likeness (QED) is 0.651. The summed E-state index contributed by atoms with van der Waals surface area (Å²) in [5.41, 5.74) is 0. The van der Waals surface area contributed by atoms with E-state index < -0.39 is 7.26 Å². The first-order chi connectivity index (χ1) is 11.3. The van der Waals surface area contributed by atoms with Crippen LogP contribution in [0.15, 0.2) is 91.0 Å². The van der Waals surface area contributed by atoms with Crippen LogP contribution in [-0.4, -0.2) is 13.0 Å². The Kier molecular flexibility index (Phi) is 4.91. The third-order valence-electron chi connectivity index (χ3n) is 4.65. The van der Waals surface area contributed by atoms with Crippen molar-refractivity contribution in [1.82, 2.24) is 0 Å². The van der Waals surface area contributed by atoms with Crippen LogP contribution in [0.1, 0.15) is 6.92 Å². The molecule has 0 radical (unpaired) electrons. The van der Waals surface area contributed by atoms with Crippen LogP contribution in [0.2, 0.25) is 0 Å². The molecule has 0 spiro atoms. The maximum absolute atomic E-state index is 5.94. The van der Waals surface area contributed by atoms with E-state index in [1.807, 2.05) is 7.11 Å². The molecule has 3 aromatic carbocycles. The predicted octanol–water partition coefficient (Wildman–Crippen LogP) is 3.71. The van der Waals surface area contributed by atoms with Crippen molar-refractivity contribution in [3.8, 4) is 0 Å². The predicted molar refractivity (Wildman–Crippen MR) is 103 cm³/mol. The first kappa shape index (κ1) is 15.9. The average Bonchev–Trinajstić information content (AvgIpc) is 2.65. The van der Waals surface area contributed by atoms with E-state index in [4.69, 9.17) is 4.74 Å². The summed E-state index contributed by atoms with van der Waals surface area (Å²) in [5, 5.41) is 4.14. The van der Waals surface area contributed by atoms with Crippen molar-refractivity contribution in [3.05, 3.63) is 91.0 Å². The Labute approximate surface area is 139 Å². The Bertz CT molecular complexity index is 629. The fourth-order valence-corrected chi connectivity index (χ4v) is 8.40. The Morgan fingerprint density at radius 1 is 0.609 bits per heavy atom. The van der Waals surface area contributed by atoms with Gasteiger partial charge < -0.3 is 0 Å². The van der Waals surface area contributed by atoms with E-state index in [1.54, 1.807) is 0 Å². The molecule has 3 rings (SSSR count). The van der Waals surface area contributed by atoms with Crippen molar-refractivity contribution < 1.29 is 4.74 Å². The van der Waals surface area contributed by atoms with Gasteiger partial charge in [-0.1, -0.05) is 0 Å². The van der Waals surface area contributed by atoms with E-state index in [9.17, 15) is 0 Å². The zero-order chi connectivity index (χ0) is 16.1. The second-order valence-corrected chi connectivity index (χ2v) is 9.95. The zero-order valence-corrected chi connectivity index (χ0v) is 14.6. The van der Waals surface area contributed by atoms with E-state index in [-0.39, 0.29) is 5.85 Å². The fraction of sp³-hybridized carbons (Fsp3) is 0.143. The van der Waals surface area contributed by atoms with Gasteiger partial charge in [-0.15, -0.1) is 0 Å². The molecule has 0 aliphatic heterocycles. The van der Waals surface area contributed by atoms with Crippen molar-refractivity contribution in [2.45, 2.75) is 12.8 Å². The van der Waals surface area contributed by atoms with E-state index >= 15 is 0 Å². The number of hydrogen-bond donors (Lipinski definition) is 0. The molecule has 0 saturated heterocycles. The molecule has 0 amide bonds. The maximum atomic E-state index is 5.94.